The molecule has 1 unspecified atom stereocenters. The summed E-state index contributed by atoms with van der Waals surface area (Å²) >= 11 is 7.87. The average molecular weight is 419 g/mol. The van der Waals surface area contributed by atoms with E-state index in [-0.39, 0.29) is 6.04 Å². The van der Waals surface area contributed by atoms with Crippen LogP contribution in [0.5, 0.6) is 0 Å². The molecule has 1 aromatic rings. The number of nitrogens with zero attached hydrogens (tertiary/aromatic N) is 1. The van der Waals surface area contributed by atoms with Gasteiger partial charge in [0, 0.05) is 24.2 Å². The van der Waals surface area contributed by atoms with Crippen molar-refractivity contribution in [1.29, 1.82) is 0 Å². The quantitative estimate of drug-likeness (QED) is 0.754. The van der Waals surface area contributed by atoms with Gasteiger partial charge in [0.25, 0.3) is 10.0 Å². The summed E-state index contributed by atoms with van der Waals surface area (Å²) in [7, 11) is -1.80. The molecule has 0 amide bonds. The first-order valence-corrected chi connectivity index (χ1v) is 9.26. The molecule has 8 heteroatoms. The maximum atomic E-state index is 12.5. The lowest BCUT2D eigenvalue weighted by atomic mass is 10.2. The molecule has 102 valence electrons. The average Bonchev–Trinajstić information content (AvgIpc) is 2.88. The van der Waals surface area contributed by atoms with Crippen LogP contribution in [0.15, 0.2) is 18.5 Å². The van der Waals surface area contributed by atoms with Crippen molar-refractivity contribution in [2.24, 2.45) is 0 Å². The van der Waals surface area contributed by atoms with Crippen LogP contribution in [-0.2, 0) is 14.8 Å². The van der Waals surface area contributed by atoms with Crippen LogP contribution in [0.4, 0.5) is 0 Å². The van der Waals surface area contributed by atoms with Gasteiger partial charge in [-0.3, -0.25) is 0 Å². The standard InChI is InChI=1S/C10H13Br2NO3S2/c1-16-6-7-3-2-4-13(7)18(14,15)9-5-8(11)10(12)17-9/h5,7H,2-4,6H2,1H3. The lowest BCUT2D eigenvalue weighted by molar-refractivity contribution is 0.149. The van der Waals surface area contributed by atoms with Gasteiger partial charge < -0.3 is 4.74 Å². The number of hydrogen-bond donors (Lipinski definition) is 0. The summed E-state index contributed by atoms with van der Waals surface area (Å²) in [5.74, 6) is 0. The minimum Gasteiger partial charge on any atom is -0.383 e. The third-order valence-corrected chi connectivity index (χ3v) is 8.52. The monoisotopic (exact) mass is 417 g/mol. The molecule has 4 nitrogen and oxygen atoms in total. The second-order valence-electron chi connectivity index (χ2n) is 4.05. The maximum absolute atomic E-state index is 12.5. The van der Waals surface area contributed by atoms with Crippen molar-refractivity contribution in [3.8, 4) is 0 Å². The van der Waals surface area contributed by atoms with Gasteiger partial charge in [0.1, 0.15) is 4.21 Å². The number of hydrogen-bond acceptors (Lipinski definition) is 4. The minimum absolute atomic E-state index is 0.0420. The molecule has 0 N–H and O–H groups in total. The van der Waals surface area contributed by atoms with Crippen molar-refractivity contribution in [2.45, 2.75) is 23.1 Å². The number of sulfonamides is 1. The fraction of sp³-hybridized carbons (Fsp3) is 0.600. The molecule has 1 fully saturated rings. The summed E-state index contributed by atoms with van der Waals surface area (Å²) in [6, 6.07) is 1.60. The summed E-state index contributed by atoms with van der Waals surface area (Å²) in [6.07, 6.45) is 1.75. The first kappa shape index (κ1) is 14.9. The number of thiophene rings is 1. The van der Waals surface area contributed by atoms with Gasteiger partial charge in [-0.2, -0.15) is 4.31 Å². The fourth-order valence-electron chi connectivity index (χ4n) is 2.05. The van der Waals surface area contributed by atoms with E-state index < -0.39 is 10.0 Å². The van der Waals surface area contributed by atoms with E-state index in [0.29, 0.717) is 17.4 Å². The van der Waals surface area contributed by atoms with E-state index in [2.05, 4.69) is 31.9 Å². The van der Waals surface area contributed by atoms with E-state index in [1.54, 1.807) is 17.5 Å². The molecule has 1 aliphatic heterocycles. The summed E-state index contributed by atoms with van der Waals surface area (Å²) in [5.41, 5.74) is 0. The zero-order valence-corrected chi connectivity index (χ0v) is 14.5. The highest BCUT2D eigenvalue weighted by Gasteiger charge is 2.36. The van der Waals surface area contributed by atoms with Crippen molar-refractivity contribution in [1.82, 2.24) is 4.31 Å². The lowest BCUT2D eigenvalue weighted by Gasteiger charge is -2.22. The molecular formula is C10H13Br2NO3S2. The highest BCUT2D eigenvalue weighted by molar-refractivity contribution is 9.13. The van der Waals surface area contributed by atoms with Crippen LogP contribution >= 0.6 is 43.2 Å². The van der Waals surface area contributed by atoms with Gasteiger partial charge in [0.15, 0.2) is 0 Å². The molecule has 0 aromatic carbocycles. The highest BCUT2D eigenvalue weighted by atomic mass is 79.9. The highest BCUT2D eigenvalue weighted by Crippen LogP contribution is 2.37. The lowest BCUT2D eigenvalue weighted by Crippen LogP contribution is -2.37. The second-order valence-corrected chi connectivity index (χ2v) is 9.40. The Labute approximate surface area is 128 Å². The van der Waals surface area contributed by atoms with Crippen LogP contribution in [0.3, 0.4) is 0 Å². The second kappa shape index (κ2) is 5.88. The number of methoxy groups -OCH3 is 1. The smallest absolute Gasteiger partial charge is 0.252 e. The Morgan fingerprint density at radius 1 is 1.56 bits per heavy atom. The van der Waals surface area contributed by atoms with Gasteiger partial charge in [-0.1, -0.05) is 0 Å². The van der Waals surface area contributed by atoms with E-state index in [4.69, 9.17) is 4.74 Å². The summed E-state index contributed by atoms with van der Waals surface area (Å²) in [6.45, 7) is 1.02. The third-order valence-electron chi connectivity index (χ3n) is 2.87. The predicted molar refractivity (Wildman–Crippen MR) is 78.5 cm³/mol. The Balaban J connectivity index is 2.30. The Morgan fingerprint density at radius 3 is 2.83 bits per heavy atom. The molecule has 2 heterocycles. The summed E-state index contributed by atoms with van der Waals surface area (Å²) < 4.78 is 33.6. The Kier molecular flexibility index (Phi) is 4.88. The SMILES string of the molecule is COCC1CCCN1S(=O)(=O)c1cc(Br)c(Br)s1. The first-order chi connectivity index (χ1) is 8.46. The van der Waals surface area contributed by atoms with E-state index in [1.807, 2.05) is 0 Å². The van der Waals surface area contributed by atoms with Crippen molar-refractivity contribution in [2.75, 3.05) is 20.3 Å². The molecule has 18 heavy (non-hydrogen) atoms. The molecule has 2 rings (SSSR count). The largest absolute Gasteiger partial charge is 0.383 e. The van der Waals surface area contributed by atoms with Crippen LogP contribution in [0.2, 0.25) is 0 Å². The zero-order chi connectivity index (χ0) is 13.3. The maximum Gasteiger partial charge on any atom is 0.252 e. The van der Waals surface area contributed by atoms with Gasteiger partial charge in [0.05, 0.1) is 10.4 Å². The third kappa shape index (κ3) is 2.83. The molecule has 1 saturated heterocycles. The van der Waals surface area contributed by atoms with Crippen molar-refractivity contribution >= 4 is 53.2 Å². The van der Waals surface area contributed by atoms with Crippen LogP contribution in [0, 0.1) is 0 Å². The van der Waals surface area contributed by atoms with Gasteiger partial charge in [-0.15, -0.1) is 11.3 Å². The Bertz CT molecular complexity index is 510. The number of rotatable bonds is 4. The molecule has 1 aromatic heterocycles. The number of halogens is 2. The van der Waals surface area contributed by atoms with Gasteiger partial charge >= 0.3 is 0 Å². The normalized spacial score (nSPS) is 21.6. The fourth-order valence-corrected chi connectivity index (χ4v) is 6.68. The van der Waals surface area contributed by atoms with E-state index in [9.17, 15) is 8.42 Å². The molecule has 0 saturated carbocycles. The van der Waals surface area contributed by atoms with E-state index in [1.165, 1.54) is 11.3 Å². The predicted octanol–water partition coefficient (Wildman–Crippen LogP) is 3.07. The van der Waals surface area contributed by atoms with Crippen molar-refractivity contribution in [3.63, 3.8) is 0 Å². The Hall–Kier alpha value is 0.530. The van der Waals surface area contributed by atoms with Crippen molar-refractivity contribution < 1.29 is 13.2 Å². The number of ether oxygens (including phenoxy) is 1. The first-order valence-electron chi connectivity index (χ1n) is 5.42. The molecular weight excluding hydrogens is 406 g/mol. The van der Waals surface area contributed by atoms with Crippen LogP contribution in [0.1, 0.15) is 12.8 Å². The molecule has 1 aliphatic rings. The zero-order valence-electron chi connectivity index (χ0n) is 9.73. The molecule has 0 aliphatic carbocycles. The van der Waals surface area contributed by atoms with Gasteiger partial charge in [0.2, 0.25) is 0 Å². The Morgan fingerprint density at radius 2 is 2.28 bits per heavy atom. The van der Waals surface area contributed by atoms with Crippen LogP contribution in [0.25, 0.3) is 0 Å². The van der Waals surface area contributed by atoms with Crippen molar-refractivity contribution in [3.05, 3.63) is 14.3 Å². The van der Waals surface area contributed by atoms with E-state index >= 15 is 0 Å². The van der Waals surface area contributed by atoms with E-state index in [0.717, 1.165) is 21.1 Å². The molecule has 1 atom stereocenters. The summed E-state index contributed by atoms with van der Waals surface area (Å²) in [4.78, 5) is 0. The van der Waals surface area contributed by atoms with Crippen LogP contribution < -0.4 is 0 Å². The summed E-state index contributed by atoms with van der Waals surface area (Å²) in [5, 5.41) is 0. The molecule has 0 radical (unpaired) electrons. The minimum atomic E-state index is -3.40. The molecule has 0 bridgehead atoms. The molecule has 0 spiro atoms. The van der Waals surface area contributed by atoms with Gasteiger partial charge in [-0.25, -0.2) is 8.42 Å². The van der Waals surface area contributed by atoms with Crippen LogP contribution in [-0.4, -0.2) is 39.0 Å². The topological polar surface area (TPSA) is 46.6 Å². The van der Waals surface area contributed by atoms with Gasteiger partial charge in [-0.05, 0) is 50.8 Å².